The van der Waals surface area contributed by atoms with Gasteiger partial charge in [-0.05, 0) is 12.5 Å². The predicted octanol–water partition coefficient (Wildman–Crippen LogP) is 2.62. The number of fused-ring (bicyclic) bond motifs is 1. The van der Waals surface area contributed by atoms with Gasteiger partial charge in [0.25, 0.3) is 10.0 Å². The van der Waals surface area contributed by atoms with Crippen molar-refractivity contribution < 1.29 is 21.6 Å². The Bertz CT molecular complexity index is 965. The summed E-state index contributed by atoms with van der Waals surface area (Å²) in [6.07, 6.45) is 0.483. The first kappa shape index (κ1) is 17.4. The number of nitrogens with zero attached hydrogens (tertiary/aromatic N) is 3. The second-order valence-electron chi connectivity index (χ2n) is 5.43. The zero-order chi connectivity index (χ0) is 18.2. The van der Waals surface area contributed by atoms with E-state index >= 15 is 0 Å². The fraction of sp³-hybridized carbons (Fsp3) is 0.200. The molecule has 0 aliphatic carbocycles. The van der Waals surface area contributed by atoms with Crippen LogP contribution in [0.2, 0.25) is 0 Å². The summed E-state index contributed by atoms with van der Waals surface area (Å²) < 4.78 is 68.0. The number of sulfonamides is 1. The summed E-state index contributed by atoms with van der Waals surface area (Å²) in [5, 5.41) is -0.512. The van der Waals surface area contributed by atoms with Gasteiger partial charge in [0.2, 0.25) is 0 Å². The Morgan fingerprint density at radius 2 is 1.88 bits per heavy atom. The average Bonchev–Trinajstić information content (AvgIpc) is 2.98. The van der Waals surface area contributed by atoms with Crippen LogP contribution in [-0.4, -0.2) is 29.0 Å². The molecule has 0 aliphatic rings. The Morgan fingerprint density at radius 1 is 1.20 bits per heavy atom. The summed E-state index contributed by atoms with van der Waals surface area (Å²) in [4.78, 5) is 7.60. The number of hydrogen-bond acceptors (Lipinski definition) is 4. The van der Waals surface area contributed by atoms with Crippen molar-refractivity contribution in [1.29, 1.82) is 0 Å². The van der Waals surface area contributed by atoms with E-state index in [1.807, 2.05) is 0 Å². The molecule has 2 aromatic heterocycles. The first-order valence-corrected chi connectivity index (χ1v) is 8.59. The zero-order valence-electron chi connectivity index (χ0n) is 12.9. The van der Waals surface area contributed by atoms with E-state index in [-0.39, 0.29) is 11.2 Å². The van der Waals surface area contributed by atoms with Crippen molar-refractivity contribution in [2.75, 3.05) is 0 Å². The molecule has 3 rings (SSSR count). The van der Waals surface area contributed by atoms with Crippen molar-refractivity contribution in [3.8, 4) is 0 Å². The fourth-order valence-electron chi connectivity index (χ4n) is 2.25. The highest BCUT2D eigenvalue weighted by Gasteiger charge is 2.43. The summed E-state index contributed by atoms with van der Waals surface area (Å²) in [6.45, 7) is 1.72. The van der Waals surface area contributed by atoms with Crippen LogP contribution in [0.5, 0.6) is 0 Å². The smallest absolute Gasteiger partial charge is 0.303 e. The molecule has 0 spiro atoms. The Kier molecular flexibility index (Phi) is 4.25. The second-order valence-corrected chi connectivity index (χ2v) is 7.09. The number of halogens is 3. The number of alkyl halides is 3. The van der Waals surface area contributed by atoms with E-state index in [9.17, 15) is 21.6 Å². The van der Waals surface area contributed by atoms with E-state index in [4.69, 9.17) is 0 Å². The molecule has 25 heavy (non-hydrogen) atoms. The lowest BCUT2D eigenvalue weighted by Gasteiger charge is -2.21. The SMILES string of the molecule is Cc1ccc([C@@H](NS(=O)(=O)c2cn3ccncc3n2)C(F)(F)F)cc1. The lowest BCUT2D eigenvalue weighted by Crippen LogP contribution is -2.38. The molecule has 6 nitrogen and oxygen atoms in total. The monoisotopic (exact) mass is 370 g/mol. The molecule has 1 aromatic carbocycles. The van der Waals surface area contributed by atoms with Crippen molar-refractivity contribution in [2.45, 2.75) is 24.2 Å². The normalized spacial score (nSPS) is 13.9. The van der Waals surface area contributed by atoms with E-state index in [0.29, 0.717) is 0 Å². The maximum atomic E-state index is 13.4. The summed E-state index contributed by atoms with van der Waals surface area (Å²) in [5.41, 5.74) is 0.772. The number of nitrogens with one attached hydrogen (secondary N) is 1. The second kappa shape index (κ2) is 6.12. The molecule has 0 bridgehead atoms. The highest BCUT2D eigenvalue weighted by atomic mass is 32.2. The minimum Gasteiger partial charge on any atom is -0.303 e. The molecular weight excluding hydrogens is 357 g/mol. The number of aromatic nitrogens is 3. The van der Waals surface area contributed by atoms with Crippen molar-refractivity contribution in [3.05, 3.63) is 60.2 Å². The molecule has 1 atom stereocenters. The number of aryl methyl sites for hydroxylation is 1. The molecule has 0 radical (unpaired) electrons. The quantitative estimate of drug-likeness (QED) is 0.766. The molecule has 2 heterocycles. The van der Waals surface area contributed by atoms with Crippen LogP contribution < -0.4 is 4.72 Å². The van der Waals surface area contributed by atoms with Crippen LogP contribution in [0, 0.1) is 6.92 Å². The van der Waals surface area contributed by atoms with E-state index < -0.39 is 27.3 Å². The highest BCUT2D eigenvalue weighted by Crippen LogP contribution is 2.34. The molecule has 0 saturated carbocycles. The molecule has 0 fully saturated rings. The first-order chi connectivity index (χ1) is 11.7. The lowest BCUT2D eigenvalue weighted by atomic mass is 10.1. The van der Waals surface area contributed by atoms with Gasteiger partial charge < -0.3 is 4.40 Å². The van der Waals surface area contributed by atoms with Gasteiger partial charge in [0.1, 0.15) is 6.04 Å². The van der Waals surface area contributed by atoms with Crippen LogP contribution in [0.1, 0.15) is 17.2 Å². The standard InChI is InChI=1S/C15H13F3N4O2S/c1-10-2-4-11(5-3-10)14(15(16,17)18)21-25(23,24)13-9-22-7-6-19-8-12(22)20-13/h2-9,14,21H,1H3/t14-/m1/s1. The minimum absolute atomic E-state index is 0.202. The highest BCUT2D eigenvalue weighted by molar-refractivity contribution is 7.89. The van der Waals surface area contributed by atoms with Gasteiger partial charge in [-0.3, -0.25) is 4.98 Å². The first-order valence-electron chi connectivity index (χ1n) is 7.11. The van der Waals surface area contributed by atoms with E-state index in [1.54, 1.807) is 11.6 Å². The number of benzene rings is 1. The number of imidazole rings is 1. The van der Waals surface area contributed by atoms with Gasteiger partial charge in [0, 0.05) is 18.6 Å². The van der Waals surface area contributed by atoms with Gasteiger partial charge in [-0.25, -0.2) is 13.4 Å². The minimum atomic E-state index is -4.80. The fourth-order valence-corrected chi connectivity index (χ4v) is 3.41. The number of hydrogen-bond donors (Lipinski definition) is 1. The molecule has 0 saturated heterocycles. The third-order valence-electron chi connectivity index (χ3n) is 3.53. The van der Waals surface area contributed by atoms with Gasteiger partial charge in [-0.15, -0.1) is 0 Å². The van der Waals surface area contributed by atoms with Gasteiger partial charge in [0.05, 0.1) is 6.20 Å². The molecule has 132 valence electrons. The Hall–Kier alpha value is -2.46. The van der Waals surface area contributed by atoms with Crippen LogP contribution in [-0.2, 0) is 10.0 Å². The predicted molar refractivity (Wildman–Crippen MR) is 83.3 cm³/mol. The van der Waals surface area contributed by atoms with Crippen LogP contribution in [0.25, 0.3) is 5.65 Å². The van der Waals surface area contributed by atoms with Crippen molar-refractivity contribution in [1.82, 2.24) is 19.1 Å². The summed E-state index contributed by atoms with van der Waals surface area (Å²) in [5.74, 6) is 0. The van der Waals surface area contributed by atoms with Gasteiger partial charge in [0.15, 0.2) is 10.7 Å². The van der Waals surface area contributed by atoms with Crippen LogP contribution in [0.15, 0.2) is 54.1 Å². The Balaban J connectivity index is 1.99. The maximum absolute atomic E-state index is 13.4. The van der Waals surface area contributed by atoms with Gasteiger partial charge in [-0.2, -0.15) is 17.9 Å². The Morgan fingerprint density at radius 3 is 2.48 bits per heavy atom. The number of rotatable bonds is 4. The molecule has 1 N–H and O–H groups in total. The summed E-state index contributed by atoms with van der Waals surface area (Å²) >= 11 is 0. The maximum Gasteiger partial charge on any atom is 0.408 e. The largest absolute Gasteiger partial charge is 0.408 e. The van der Waals surface area contributed by atoms with Crippen LogP contribution >= 0.6 is 0 Å². The summed E-state index contributed by atoms with van der Waals surface area (Å²) in [6, 6.07) is 3.08. The molecule has 0 aliphatic heterocycles. The van der Waals surface area contributed by atoms with Crippen LogP contribution in [0.3, 0.4) is 0 Å². The molecule has 10 heteroatoms. The van der Waals surface area contributed by atoms with Gasteiger partial charge >= 0.3 is 6.18 Å². The average molecular weight is 370 g/mol. The van der Waals surface area contributed by atoms with Crippen molar-refractivity contribution in [3.63, 3.8) is 0 Å². The molecule has 0 amide bonds. The Labute approximate surface area is 141 Å². The topological polar surface area (TPSA) is 76.4 Å². The third-order valence-corrected chi connectivity index (χ3v) is 4.82. The van der Waals surface area contributed by atoms with Gasteiger partial charge in [-0.1, -0.05) is 29.8 Å². The molecule has 3 aromatic rings. The van der Waals surface area contributed by atoms with E-state index in [0.717, 1.165) is 11.8 Å². The molecule has 0 unspecified atom stereocenters. The third kappa shape index (κ3) is 3.64. The van der Waals surface area contributed by atoms with Crippen molar-refractivity contribution >= 4 is 15.7 Å². The summed E-state index contributed by atoms with van der Waals surface area (Å²) in [7, 11) is -4.49. The van der Waals surface area contributed by atoms with Crippen LogP contribution in [0.4, 0.5) is 13.2 Å². The lowest BCUT2D eigenvalue weighted by molar-refractivity contribution is -0.153. The molecular formula is C15H13F3N4O2S. The van der Waals surface area contributed by atoms with E-state index in [2.05, 4.69) is 9.97 Å². The van der Waals surface area contributed by atoms with E-state index in [1.165, 1.54) is 47.3 Å². The zero-order valence-corrected chi connectivity index (χ0v) is 13.7. The van der Waals surface area contributed by atoms with Crippen molar-refractivity contribution in [2.24, 2.45) is 0 Å².